The predicted molar refractivity (Wildman–Crippen MR) is 247 cm³/mol. The molecular formula is C56H34N2O2. The number of nitrogens with zero attached hydrogens (tertiary/aromatic N) is 2. The highest BCUT2D eigenvalue weighted by molar-refractivity contribution is 6.13. The highest BCUT2D eigenvalue weighted by atomic mass is 16.3. The first kappa shape index (κ1) is 34.0. The average Bonchev–Trinajstić information content (AvgIpc) is 3.90. The summed E-state index contributed by atoms with van der Waals surface area (Å²) >= 11 is 0. The molecule has 4 heteroatoms. The van der Waals surface area contributed by atoms with Crippen molar-refractivity contribution in [2.45, 2.75) is 0 Å². The van der Waals surface area contributed by atoms with Gasteiger partial charge < -0.3 is 8.83 Å². The van der Waals surface area contributed by atoms with Crippen LogP contribution in [0, 0.1) is 0 Å². The van der Waals surface area contributed by atoms with Gasteiger partial charge in [-0.1, -0.05) is 170 Å². The number of benzene rings is 9. The monoisotopic (exact) mass is 766 g/mol. The molecule has 60 heavy (non-hydrogen) atoms. The van der Waals surface area contributed by atoms with Crippen LogP contribution >= 0.6 is 0 Å². The Bertz CT molecular complexity index is 3470. The number of fused-ring (bicyclic) bond motifs is 7. The lowest BCUT2D eigenvalue weighted by atomic mass is 9.85. The molecule has 0 saturated carbocycles. The SMILES string of the molecule is c1ccc(-c2ccccc2-c2cc(-c3ccccc3)c3ccccc3c2-c2nc(-c3cccc4c3oc3ccccc34)cc(-c3cccc4c3oc3ccccc34)n2)cc1. The molecule has 0 amide bonds. The summed E-state index contributed by atoms with van der Waals surface area (Å²) in [4.78, 5) is 11.2. The molecular weight excluding hydrogens is 733 g/mol. The van der Waals surface area contributed by atoms with Gasteiger partial charge in [0.2, 0.25) is 0 Å². The van der Waals surface area contributed by atoms with Crippen LogP contribution in [0.2, 0.25) is 0 Å². The van der Waals surface area contributed by atoms with Crippen LogP contribution in [0.1, 0.15) is 0 Å². The van der Waals surface area contributed by atoms with Crippen LogP contribution in [-0.4, -0.2) is 9.97 Å². The molecule has 4 nitrogen and oxygen atoms in total. The van der Waals surface area contributed by atoms with Gasteiger partial charge in [-0.15, -0.1) is 0 Å². The summed E-state index contributed by atoms with van der Waals surface area (Å²) < 4.78 is 13.3. The molecule has 0 saturated heterocycles. The van der Waals surface area contributed by atoms with Crippen LogP contribution in [0.4, 0.5) is 0 Å². The standard InChI is InChI=1S/C56H34N2O2/c1-3-17-35(18-4-1)37-21-7-8-22-38(37)48-33-47(36-19-5-2-6-20-36)39-23-9-10-26-42(39)53(48)56-57-49(45-29-15-27-43-40-24-11-13-31-51(40)59-54(43)45)34-50(58-56)46-30-16-28-44-41-25-12-14-32-52(41)60-55(44)46/h1-34H. The van der Waals surface area contributed by atoms with E-state index < -0.39 is 0 Å². The van der Waals surface area contributed by atoms with Crippen LogP contribution in [0.25, 0.3) is 122 Å². The predicted octanol–water partition coefficient (Wildman–Crippen LogP) is 15.4. The van der Waals surface area contributed by atoms with E-state index in [4.69, 9.17) is 18.8 Å². The Morgan fingerprint density at radius 2 is 0.717 bits per heavy atom. The van der Waals surface area contributed by atoms with Crippen molar-refractivity contribution in [1.82, 2.24) is 9.97 Å². The number of para-hydroxylation sites is 4. The first-order valence-corrected chi connectivity index (χ1v) is 20.2. The zero-order valence-electron chi connectivity index (χ0n) is 32.3. The van der Waals surface area contributed by atoms with Gasteiger partial charge in [-0.3, -0.25) is 0 Å². The van der Waals surface area contributed by atoms with Gasteiger partial charge in [0, 0.05) is 38.2 Å². The summed E-state index contributed by atoms with van der Waals surface area (Å²) in [6.07, 6.45) is 0. The smallest absolute Gasteiger partial charge is 0.161 e. The number of hydrogen-bond acceptors (Lipinski definition) is 4. The minimum absolute atomic E-state index is 0.609. The van der Waals surface area contributed by atoms with E-state index in [0.29, 0.717) is 5.82 Å². The van der Waals surface area contributed by atoms with E-state index in [2.05, 4.69) is 182 Å². The zero-order chi connectivity index (χ0) is 39.6. The van der Waals surface area contributed by atoms with Crippen molar-refractivity contribution < 1.29 is 8.83 Å². The quantitative estimate of drug-likeness (QED) is 0.169. The lowest BCUT2D eigenvalue weighted by Crippen LogP contribution is -2.00. The molecule has 0 N–H and O–H groups in total. The number of furan rings is 2. The molecule has 0 spiro atoms. The van der Waals surface area contributed by atoms with Gasteiger partial charge in [-0.2, -0.15) is 0 Å². The first-order valence-electron chi connectivity index (χ1n) is 20.2. The fraction of sp³-hybridized carbons (Fsp3) is 0. The molecule has 3 heterocycles. The summed E-state index contributed by atoms with van der Waals surface area (Å²) in [5, 5.41) is 6.40. The zero-order valence-corrected chi connectivity index (χ0v) is 32.3. The van der Waals surface area contributed by atoms with Gasteiger partial charge in [0.25, 0.3) is 0 Å². The first-order chi connectivity index (χ1) is 29.8. The van der Waals surface area contributed by atoms with Gasteiger partial charge in [0.1, 0.15) is 22.3 Å². The topological polar surface area (TPSA) is 52.1 Å². The Labute approximate surface area is 345 Å². The van der Waals surface area contributed by atoms with Crippen molar-refractivity contribution in [2.24, 2.45) is 0 Å². The minimum Gasteiger partial charge on any atom is -0.455 e. The van der Waals surface area contributed by atoms with Crippen LogP contribution < -0.4 is 0 Å². The summed E-state index contributed by atoms with van der Waals surface area (Å²) in [7, 11) is 0. The van der Waals surface area contributed by atoms with Crippen LogP contribution in [0.15, 0.2) is 215 Å². The highest BCUT2D eigenvalue weighted by Crippen LogP contribution is 2.47. The average molecular weight is 767 g/mol. The van der Waals surface area contributed by atoms with Crippen molar-refractivity contribution in [1.29, 1.82) is 0 Å². The normalized spacial score (nSPS) is 11.7. The van der Waals surface area contributed by atoms with Crippen molar-refractivity contribution in [2.75, 3.05) is 0 Å². The molecule has 12 rings (SSSR count). The van der Waals surface area contributed by atoms with Crippen molar-refractivity contribution in [3.63, 3.8) is 0 Å². The van der Waals surface area contributed by atoms with Crippen LogP contribution in [-0.2, 0) is 0 Å². The van der Waals surface area contributed by atoms with E-state index in [9.17, 15) is 0 Å². The molecule has 0 fully saturated rings. The van der Waals surface area contributed by atoms with E-state index in [1.54, 1.807) is 0 Å². The Morgan fingerprint density at radius 1 is 0.283 bits per heavy atom. The lowest BCUT2D eigenvalue weighted by Gasteiger charge is -2.20. The van der Waals surface area contributed by atoms with E-state index in [-0.39, 0.29) is 0 Å². The second kappa shape index (κ2) is 13.8. The molecule has 0 aliphatic rings. The van der Waals surface area contributed by atoms with Gasteiger partial charge in [0.05, 0.1) is 11.4 Å². The largest absolute Gasteiger partial charge is 0.455 e. The third-order valence-electron chi connectivity index (χ3n) is 11.7. The Kier molecular flexibility index (Phi) is 7.82. The molecule has 12 aromatic rings. The second-order valence-electron chi connectivity index (χ2n) is 15.2. The van der Waals surface area contributed by atoms with E-state index >= 15 is 0 Å². The van der Waals surface area contributed by atoms with Crippen molar-refractivity contribution >= 4 is 54.6 Å². The number of hydrogen-bond donors (Lipinski definition) is 0. The lowest BCUT2D eigenvalue weighted by molar-refractivity contribution is 0.669. The maximum Gasteiger partial charge on any atom is 0.161 e. The minimum atomic E-state index is 0.609. The third kappa shape index (κ3) is 5.46. The van der Waals surface area contributed by atoms with Crippen LogP contribution in [0.3, 0.4) is 0 Å². The molecule has 0 atom stereocenters. The molecule has 9 aromatic carbocycles. The Morgan fingerprint density at radius 3 is 1.30 bits per heavy atom. The molecule has 280 valence electrons. The molecule has 0 aliphatic carbocycles. The molecule has 0 bridgehead atoms. The summed E-state index contributed by atoms with van der Waals surface area (Å²) in [5.41, 5.74) is 14.2. The molecule has 0 aliphatic heterocycles. The fourth-order valence-electron chi connectivity index (χ4n) is 9.01. The van der Waals surface area contributed by atoms with E-state index in [1.807, 2.05) is 24.3 Å². The maximum atomic E-state index is 6.65. The molecule has 3 aromatic heterocycles. The summed E-state index contributed by atoms with van der Waals surface area (Å²) in [6.45, 7) is 0. The van der Waals surface area contributed by atoms with E-state index in [0.717, 1.165) is 116 Å². The Balaban J connectivity index is 1.22. The summed E-state index contributed by atoms with van der Waals surface area (Å²) in [5.74, 6) is 0.609. The van der Waals surface area contributed by atoms with Gasteiger partial charge in [-0.25, -0.2) is 9.97 Å². The maximum absolute atomic E-state index is 6.65. The highest BCUT2D eigenvalue weighted by Gasteiger charge is 2.24. The molecule has 0 radical (unpaired) electrons. The van der Waals surface area contributed by atoms with Crippen LogP contribution in [0.5, 0.6) is 0 Å². The third-order valence-corrected chi connectivity index (χ3v) is 11.7. The fourth-order valence-corrected chi connectivity index (χ4v) is 9.01. The number of aromatic nitrogens is 2. The van der Waals surface area contributed by atoms with Crippen molar-refractivity contribution in [3.05, 3.63) is 206 Å². The second-order valence-corrected chi connectivity index (χ2v) is 15.2. The van der Waals surface area contributed by atoms with Gasteiger partial charge in [0.15, 0.2) is 5.82 Å². The number of rotatable bonds is 6. The van der Waals surface area contributed by atoms with E-state index in [1.165, 1.54) is 0 Å². The summed E-state index contributed by atoms with van der Waals surface area (Å²) in [6, 6.07) is 72.0. The van der Waals surface area contributed by atoms with Crippen molar-refractivity contribution in [3.8, 4) is 67.3 Å². The van der Waals surface area contributed by atoms with Gasteiger partial charge >= 0.3 is 0 Å². The molecule has 0 unspecified atom stereocenters. The van der Waals surface area contributed by atoms with Gasteiger partial charge in [-0.05, 0) is 80.6 Å². The Hall–Kier alpha value is -8.08.